The number of carbonyl (C=O) groups excluding carboxylic acids is 2. The maximum Gasteiger partial charge on any atom is 0.411 e. The van der Waals surface area contributed by atoms with Gasteiger partial charge in [-0.25, -0.2) is 4.79 Å². The first kappa shape index (κ1) is 13.7. The Labute approximate surface area is 115 Å². The second kappa shape index (κ2) is 5.92. The number of rotatable bonds is 3. The SMILES string of the molecule is COC(=O)Nc1ccc(NC(=O)c2occc2C)cc1. The van der Waals surface area contributed by atoms with Gasteiger partial charge in [-0.3, -0.25) is 10.1 Å². The summed E-state index contributed by atoms with van der Waals surface area (Å²) in [5, 5.41) is 5.22. The first-order valence-corrected chi connectivity index (χ1v) is 5.90. The molecule has 0 saturated carbocycles. The third kappa shape index (κ3) is 3.17. The van der Waals surface area contributed by atoms with E-state index in [2.05, 4.69) is 15.4 Å². The van der Waals surface area contributed by atoms with Crippen LogP contribution in [0.1, 0.15) is 16.1 Å². The van der Waals surface area contributed by atoms with Crippen molar-refractivity contribution in [3.8, 4) is 0 Å². The van der Waals surface area contributed by atoms with E-state index >= 15 is 0 Å². The van der Waals surface area contributed by atoms with Crippen molar-refractivity contribution in [3.05, 3.63) is 47.9 Å². The number of methoxy groups -OCH3 is 1. The predicted octanol–water partition coefficient (Wildman–Crippen LogP) is 3.02. The molecule has 0 aliphatic carbocycles. The highest BCUT2D eigenvalue weighted by atomic mass is 16.5. The van der Waals surface area contributed by atoms with E-state index in [1.165, 1.54) is 13.4 Å². The Hall–Kier alpha value is -2.76. The number of carbonyl (C=O) groups is 2. The van der Waals surface area contributed by atoms with Crippen molar-refractivity contribution in [2.24, 2.45) is 0 Å². The molecule has 1 aromatic carbocycles. The average Bonchev–Trinajstić information content (AvgIpc) is 2.87. The Morgan fingerprint density at radius 1 is 1.05 bits per heavy atom. The molecular weight excluding hydrogens is 260 g/mol. The van der Waals surface area contributed by atoms with Gasteiger partial charge >= 0.3 is 6.09 Å². The van der Waals surface area contributed by atoms with Crippen molar-refractivity contribution in [3.63, 3.8) is 0 Å². The number of aryl methyl sites for hydroxylation is 1. The van der Waals surface area contributed by atoms with E-state index in [0.29, 0.717) is 11.4 Å². The average molecular weight is 274 g/mol. The quantitative estimate of drug-likeness (QED) is 0.901. The van der Waals surface area contributed by atoms with Crippen molar-refractivity contribution in [1.82, 2.24) is 0 Å². The fourth-order valence-electron chi connectivity index (χ4n) is 1.60. The first-order valence-electron chi connectivity index (χ1n) is 5.90. The third-order valence-electron chi connectivity index (χ3n) is 2.64. The molecule has 1 heterocycles. The molecule has 0 radical (unpaired) electrons. The normalized spacial score (nSPS) is 9.90. The van der Waals surface area contributed by atoms with Crippen LogP contribution in [0.25, 0.3) is 0 Å². The second-order valence-corrected chi connectivity index (χ2v) is 4.08. The molecule has 104 valence electrons. The van der Waals surface area contributed by atoms with E-state index in [0.717, 1.165) is 5.56 Å². The zero-order chi connectivity index (χ0) is 14.5. The standard InChI is InChI=1S/C14H14N2O4/c1-9-7-8-20-12(9)13(17)15-10-3-5-11(6-4-10)16-14(18)19-2/h3-8H,1-2H3,(H,15,17)(H,16,18). The van der Waals surface area contributed by atoms with Gasteiger partial charge in [0, 0.05) is 16.9 Å². The molecule has 0 fully saturated rings. The highest BCUT2D eigenvalue weighted by molar-refractivity contribution is 6.03. The molecule has 0 saturated heterocycles. The van der Waals surface area contributed by atoms with Crippen molar-refractivity contribution in [2.45, 2.75) is 6.92 Å². The third-order valence-corrected chi connectivity index (χ3v) is 2.64. The first-order chi connectivity index (χ1) is 9.60. The van der Waals surface area contributed by atoms with Crippen LogP contribution in [0.15, 0.2) is 41.0 Å². The summed E-state index contributed by atoms with van der Waals surface area (Å²) >= 11 is 0. The molecule has 0 spiro atoms. The van der Waals surface area contributed by atoms with Crippen LogP contribution in [0.2, 0.25) is 0 Å². The van der Waals surface area contributed by atoms with Crippen molar-refractivity contribution >= 4 is 23.4 Å². The Morgan fingerprint density at radius 2 is 1.65 bits per heavy atom. The zero-order valence-electron chi connectivity index (χ0n) is 11.1. The van der Waals surface area contributed by atoms with E-state index in [-0.39, 0.29) is 11.7 Å². The van der Waals surface area contributed by atoms with E-state index < -0.39 is 6.09 Å². The van der Waals surface area contributed by atoms with E-state index in [4.69, 9.17) is 4.42 Å². The minimum atomic E-state index is -0.548. The Morgan fingerprint density at radius 3 is 2.15 bits per heavy atom. The summed E-state index contributed by atoms with van der Waals surface area (Å²) in [7, 11) is 1.29. The minimum absolute atomic E-state index is 0.279. The van der Waals surface area contributed by atoms with Crippen LogP contribution in [0.5, 0.6) is 0 Å². The van der Waals surface area contributed by atoms with Gasteiger partial charge in [-0.2, -0.15) is 0 Å². The summed E-state index contributed by atoms with van der Waals surface area (Å²) in [6.45, 7) is 1.79. The van der Waals surface area contributed by atoms with Crippen molar-refractivity contribution in [2.75, 3.05) is 17.7 Å². The highest BCUT2D eigenvalue weighted by Crippen LogP contribution is 2.16. The van der Waals surface area contributed by atoms with E-state index in [1.807, 2.05) is 0 Å². The molecule has 0 unspecified atom stereocenters. The molecule has 2 N–H and O–H groups in total. The van der Waals surface area contributed by atoms with Gasteiger partial charge in [-0.1, -0.05) is 0 Å². The number of benzene rings is 1. The molecule has 0 aliphatic rings. The minimum Gasteiger partial charge on any atom is -0.459 e. The molecule has 2 aromatic rings. The van der Waals surface area contributed by atoms with Crippen LogP contribution < -0.4 is 10.6 Å². The van der Waals surface area contributed by atoms with Crippen LogP contribution in [-0.2, 0) is 4.74 Å². The predicted molar refractivity (Wildman–Crippen MR) is 73.9 cm³/mol. The van der Waals surface area contributed by atoms with Crippen molar-refractivity contribution in [1.29, 1.82) is 0 Å². The van der Waals surface area contributed by atoms with E-state index in [1.54, 1.807) is 37.3 Å². The van der Waals surface area contributed by atoms with Gasteiger partial charge < -0.3 is 14.5 Å². The number of ether oxygens (including phenoxy) is 1. The number of furan rings is 1. The summed E-state index contributed by atoms with van der Waals surface area (Å²) in [5.74, 6) is -0.0389. The fraction of sp³-hybridized carbons (Fsp3) is 0.143. The number of anilines is 2. The zero-order valence-corrected chi connectivity index (χ0v) is 11.1. The van der Waals surface area contributed by atoms with Gasteiger partial charge in [0.05, 0.1) is 13.4 Å². The Bertz CT molecular complexity index is 616. The molecule has 2 rings (SSSR count). The summed E-state index contributed by atoms with van der Waals surface area (Å²) < 4.78 is 9.58. The van der Waals surface area contributed by atoms with Gasteiger partial charge in [0.25, 0.3) is 5.91 Å². The lowest BCUT2D eigenvalue weighted by atomic mass is 10.2. The maximum atomic E-state index is 11.9. The molecule has 0 bridgehead atoms. The second-order valence-electron chi connectivity index (χ2n) is 4.08. The lowest BCUT2D eigenvalue weighted by molar-refractivity contribution is 0.0996. The summed E-state index contributed by atoms with van der Waals surface area (Å²) in [6, 6.07) is 8.37. The number of amides is 2. The molecule has 1 aromatic heterocycles. The summed E-state index contributed by atoms with van der Waals surface area (Å²) in [5.41, 5.74) is 1.94. The summed E-state index contributed by atoms with van der Waals surface area (Å²) in [6.07, 6.45) is 0.918. The lowest BCUT2D eigenvalue weighted by Gasteiger charge is -2.06. The van der Waals surface area contributed by atoms with Crippen LogP contribution >= 0.6 is 0 Å². The molecule has 20 heavy (non-hydrogen) atoms. The number of hydrogen-bond donors (Lipinski definition) is 2. The van der Waals surface area contributed by atoms with Gasteiger partial charge in [-0.05, 0) is 37.3 Å². The highest BCUT2D eigenvalue weighted by Gasteiger charge is 2.12. The van der Waals surface area contributed by atoms with Crippen LogP contribution in [0.4, 0.5) is 16.2 Å². The molecular formula is C14H14N2O4. The Kier molecular flexibility index (Phi) is 4.05. The number of nitrogens with one attached hydrogen (secondary N) is 2. The Balaban J connectivity index is 2.02. The van der Waals surface area contributed by atoms with Crippen LogP contribution in [0.3, 0.4) is 0 Å². The van der Waals surface area contributed by atoms with Gasteiger partial charge in [0.2, 0.25) is 0 Å². The largest absolute Gasteiger partial charge is 0.459 e. The van der Waals surface area contributed by atoms with E-state index in [9.17, 15) is 9.59 Å². The maximum absolute atomic E-state index is 11.9. The lowest BCUT2D eigenvalue weighted by Crippen LogP contribution is -2.13. The molecule has 6 nitrogen and oxygen atoms in total. The molecule has 0 atom stereocenters. The number of hydrogen-bond acceptors (Lipinski definition) is 4. The van der Waals surface area contributed by atoms with Gasteiger partial charge in [-0.15, -0.1) is 0 Å². The smallest absolute Gasteiger partial charge is 0.411 e. The summed E-state index contributed by atoms with van der Waals surface area (Å²) in [4.78, 5) is 22.9. The van der Waals surface area contributed by atoms with Crippen LogP contribution in [0, 0.1) is 6.92 Å². The molecule has 0 aliphatic heterocycles. The fourth-order valence-corrected chi connectivity index (χ4v) is 1.60. The molecule has 2 amide bonds. The monoisotopic (exact) mass is 274 g/mol. The van der Waals surface area contributed by atoms with Crippen molar-refractivity contribution < 1.29 is 18.7 Å². The van der Waals surface area contributed by atoms with Gasteiger partial charge in [0.15, 0.2) is 5.76 Å². The van der Waals surface area contributed by atoms with Crippen LogP contribution in [-0.4, -0.2) is 19.1 Å². The topological polar surface area (TPSA) is 80.6 Å². The van der Waals surface area contributed by atoms with Gasteiger partial charge in [0.1, 0.15) is 0 Å². The molecule has 6 heteroatoms.